The van der Waals surface area contributed by atoms with Crippen LogP contribution in [0.3, 0.4) is 0 Å². The number of nitriles is 1. The summed E-state index contributed by atoms with van der Waals surface area (Å²) in [4.78, 5) is 18.9. The number of amides is 2. The fourth-order valence-corrected chi connectivity index (χ4v) is 3.44. The van der Waals surface area contributed by atoms with Crippen LogP contribution in [-0.4, -0.2) is 34.2 Å². The molecular formula is C21H18ClN5O2. The minimum absolute atomic E-state index is 0.0102. The van der Waals surface area contributed by atoms with Gasteiger partial charge in [-0.3, -0.25) is 0 Å². The molecule has 1 aliphatic rings. The zero-order chi connectivity index (χ0) is 20.2. The minimum atomic E-state index is -0.183. The van der Waals surface area contributed by atoms with E-state index in [-0.39, 0.29) is 11.9 Å². The Labute approximate surface area is 172 Å². The number of likely N-dealkylation sites (tertiary alicyclic amines) is 1. The lowest BCUT2D eigenvalue weighted by molar-refractivity contribution is 0.184. The standard InChI is InChI=1S/C21H18ClN5O2/c22-17-7-5-15(6-8-17)19-25-20(29-26-19)16-2-1-11-27(13-16)21(28)24-18-9-3-14(12-23)4-10-18/h3-10,16H,1-2,11,13H2,(H,24,28). The molecule has 1 unspecified atom stereocenters. The number of anilines is 1. The van der Waals surface area contributed by atoms with Crippen molar-refractivity contribution in [1.29, 1.82) is 5.26 Å². The number of rotatable bonds is 3. The van der Waals surface area contributed by atoms with E-state index < -0.39 is 0 Å². The lowest BCUT2D eigenvalue weighted by atomic mass is 9.98. The van der Waals surface area contributed by atoms with Crippen LogP contribution in [0.15, 0.2) is 53.1 Å². The van der Waals surface area contributed by atoms with Crippen LogP contribution < -0.4 is 5.32 Å². The van der Waals surface area contributed by atoms with Crippen molar-refractivity contribution in [3.63, 3.8) is 0 Å². The Morgan fingerprint density at radius 3 is 2.69 bits per heavy atom. The molecule has 1 N–H and O–H groups in total. The van der Waals surface area contributed by atoms with E-state index in [0.29, 0.717) is 41.1 Å². The molecule has 0 spiro atoms. The summed E-state index contributed by atoms with van der Waals surface area (Å²) in [6.45, 7) is 1.17. The van der Waals surface area contributed by atoms with Crippen LogP contribution in [0.1, 0.15) is 30.2 Å². The number of benzene rings is 2. The number of hydrogen-bond acceptors (Lipinski definition) is 5. The first kappa shape index (κ1) is 19.0. The third-order valence-corrected chi connectivity index (χ3v) is 5.12. The van der Waals surface area contributed by atoms with E-state index in [4.69, 9.17) is 21.4 Å². The van der Waals surface area contributed by atoms with Gasteiger partial charge < -0.3 is 14.7 Å². The van der Waals surface area contributed by atoms with Gasteiger partial charge in [-0.15, -0.1) is 0 Å². The quantitative estimate of drug-likeness (QED) is 0.680. The molecule has 3 aromatic rings. The van der Waals surface area contributed by atoms with Gasteiger partial charge in [0.05, 0.1) is 17.6 Å². The largest absolute Gasteiger partial charge is 0.339 e. The molecule has 1 saturated heterocycles. The van der Waals surface area contributed by atoms with Crippen LogP contribution in [0.5, 0.6) is 0 Å². The van der Waals surface area contributed by atoms with Crippen molar-refractivity contribution in [2.45, 2.75) is 18.8 Å². The van der Waals surface area contributed by atoms with Crippen LogP contribution in [-0.2, 0) is 0 Å². The molecule has 1 aromatic heterocycles. The SMILES string of the molecule is N#Cc1ccc(NC(=O)N2CCCC(c3nc(-c4ccc(Cl)cc4)no3)C2)cc1. The summed E-state index contributed by atoms with van der Waals surface area (Å²) in [6, 6.07) is 15.9. The highest BCUT2D eigenvalue weighted by Gasteiger charge is 2.28. The molecule has 1 fully saturated rings. The molecule has 8 heteroatoms. The van der Waals surface area contributed by atoms with E-state index in [1.54, 1.807) is 41.3 Å². The molecular weight excluding hydrogens is 390 g/mol. The van der Waals surface area contributed by atoms with E-state index in [2.05, 4.69) is 21.5 Å². The fourth-order valence-electron chi connectivity index (χ4n) is 3.31. The average Bonchev–Trinajstić information content (AvgIpc) is 3.25. The van der Waals surface area contributed by atoms with Gasteiger partial charge in [-0.2, -0.15) is 10.2 Å². The molecule has 0 aliphatic carbocycles. The molecule has 0 radical (unpaired) electrons. The summed E-state index contributed by atoms with van der Waals surface area (Å²) in [5.41, 5.74) is 2.03. The van der Waals surface area contributed by atoms with Gasteiger partial charge in [-0.1, -0.05) is 16.8 Å². The van der Waals surface area contributed by atoms with E-state index in [1.807, 2.05) is 12.1 Å². The topological polar surface area (TPSA) is 95.1 Å². The molecule has 29 heavy (non-hydrogen) atoms. The number of urea groups is 1. The van der Waals surface area contributed by atoms with Crippen molar-refractivity contribution in [1.82, 2.24) is 15.0 Å². The van der Waals surface area contributed by atoms with E-state index >= 15 is 0 Å². The number of carbonyl (C=O) groups is 1. The number of carbonyl (C=O) groups excluding carboxylic acids is 1. The molecule has 0 bridgehead atoms. The second-order valence-electron chi connectivity index (χ2n) is 6.87. The van der Waals surface area contributed by atoms with Crippen molar-refractivity contribution in [2.24, 2.45) is 0 Å². The molecule has 2 heterocycles. The first-order valence-corrected chi connectivity index (χ1v) is 9.66. The Balaban J connectivity index is 1.42. The zero-order valence-electron chi connectivity index (χ0n) is 15.5. The fraction of sp³-hybridized carbons (Fsp3) is 0.238. The summed E-state index contributed by atoms with van der Waals surface area (Å²) in [5, 5.41) is 16.5. The Morgan fingerprint density at radius 1 is 1.21 bits per heavy atom. The Hall–Kier alpha value is -3.37. The normalized spacial score (nSPS) is 16.3. The smallest absolute Gasteiger partial charge is 0.321 e. The molecule has 1 atom stereocenters. The first-order chi connectivity index (χ1) is 14.1. The maximum absolute atomic E-state index is 12.6. The molecule has 2 aromatic carbocycles. The highest BCUT2D eigenvalue weighted by atomic mass is 35.5. The maximum Gasteiger partial charge on any atom is 0.321 e. The van der Waals surface area contributed by atoms with Crippen LogP contribution >= 0.6 is 11.6 Å². The van der Waals surface area contributed by atoms with Crippen LogP contribution in [0, 0.1) is 11.3 Å². The molecule has 2 amide bonds. The van der Waals surface area contributed by atoms with Gasteiger partial charge in [-0.25, -0.2) is 4.79 Å². The molecule has 146 valence electrons. The summed E-state index contributed by atoms with van der Waals surface area (Å²) in [7, 11) is 0. The lowest BCUT2D eigenvalue weighted by Gasteiger charge is -2.31. The molecule has 0 saturated carbocycles. The third-order valence-electron chi connectivity index (χ3n) is 4.87. The highest BCUT2D eigenvalue weighted by molar-refractivity contribution is 6.30. The van der Waals surface area contributed by atoms with Crippen molar-refractivity contribution in [3.05, 3.63) is 65.0 Å². The third kappa shape index (κ3) is 4.39. The Kier molecular flexibility index (Phi) is 5.45. The number of piperidine rings is 1. The summed E-state index contributed by atoms with van der Waals surface area (Å²) >= 11 is 5.92. The lowest BCUT2D eigenvalue weighted by Crippen LogP contribution is -2.41. The maximum atomic E-state index is 12.6. The molecule has 7 nitrogen and oxygen atoms in total. The summed E-state index contributed by atoms with van der Waals surface area (Å²) < 4.78 is 5.48. The van der Waals surface area contributed by atoms with Gasteiger partial charge in [0.2, 0.25) is 11.7 Å². The summed E-state index contributed by atoms with van der Waals surface area (Å²) in [5.74, 6) is 1.03. The van der Waals surface area contributed by atoms with Gasteiger partial charge in [0.15, 0.2) is 0 Å². The second kappa shape index (κ2) is 8.33. The van der Waals surface area contributed by atoms with Crippen LogP contribution in [0.25, 0.3) is 11.4 Å². The van der Waals surface area contributed by atoms with E-state index in [1.165, 1.54) is 0 Å². The number of nitrogens with one attached hydrogen (secondary N) is 1. The van der Waals surface area contributed by atoms with Crippen molar-refractivity contribution >= 4 is 23.3 Å². The number of halogens is 1. The van der Waals surface area contributed by atoms with Crippen molar-refractivity contribution in [3.8, 4) is 17.5 Å². The van der Waals surface area contributed by atoms with E-state index in [0.717, 1.165) is 18.4 Å². The highest BCUT2D eigenvalue weighted by Crippen LogP contribution is 2.28. The second-order valence-corrected chi connectivity index (χ2v) is 7.30. The number of aromatic nitrogens is 2. The van der Waals surface area contributed by atoms with Gasteiger partial charge in [-0.05, 0) is 61.4 Å². The van der Waals surface area contributed by atoms with Crippen molar-refractivity contribution < 1.29 is 9.32 Å². The minimum Gasteiger partial charge on any atom is -0.339 e. The van der Waals surface area contributed by atoms with Gasteiger partial charge in [0.1, 0.15) is 0 Å². The van der Waals surface area contributed by atoms with Gasteiger partial charge in [0, 0.05) is 29.4 Å². The van der Waals surface area contributed by atoms with Crippen molar-refractivity contribution in [2.75, 3.05) is 18.4 Å². The average molecular weight is 408 g/mol. The zero-order valence-corrected chi connectivity index (χ0v) is 16.3. The van der Waals surface area contributed by atoms with Gasteiger partial charge in [0.25, 0.3) is 0 Å². The van der Waals surface area contributed by atoms with Crippen LogP contribution in [0.4, 0.5) is 10.5 Å². The van der Waals surface area contributed by atoms with E-state index in [9.17, 15) is 4.79 Å². The molecule has 4 rings (SSSR count). The molecule has 1 aliphatic heterocycles. The van der Waals surface area contributed by atoms with Gasteiger partial charge >= 0.3 is 6.03 Å². The summed E-state index contributed by atoms with van der Waals surface area (Å²) in [6.07, 6.45) is 1.73. The number of hydrogen-bond donors (Lipinski definition) is 1. The Bertz CT molecular complexity index is 1040. The number of nitrogens with zero attached hydrogens (tertiary/aromatic N) is 4. The first-order valence-electron chi connectivity index (χ1n) is 9.28. The predicted octanol–water partition coefficient (Wildman–Crippen LogP) is 4.67. The van der Waals surface area contributed by atoms with Crippen LogP contribution in [0.2, 0.25) is 5.02 Å². The predicted molar refractivity (Wildman–Crippen MR) is 108 cm³/mol. The Morgan fingerprint density at radius 2 is 1.97 bits per heavy atom. The monoisotopic (exact) mass is 407 g/mol.